The molecule has 0 aliphatic heterocycles. The molecule has 0 spiro atoms. The van der Waals surface area contributed by atoms with Crippen LogP contribution in [0.5, 0.6) is 0 Å². The smallest absolute Gasteiger partial charge is 0.251 e. The Hall–Kier alpha value is -1.88. The Morgan fingerprint density at radius 1 is 1.07 bits per heavy atom. The first-order valence-corrected chi connectivity index (χ1v) is 10.3. The molecule has 146 valence electrons. The summed E-state index contributed by atoms with van der Waals surface area (Å²) in [6, 6.07) is 6.94. The summed E-state index contributed by atoms with van der Waals surface area (Å²) in [5, 5.41) is 15.0. The summed E-state index contributed by atoms with van der Waals surface area (Å²) in [6.07, 6.45) is 6.96. The molecule has 5 heteroatoms. The first-order chi connectivity index (χ1) is 13.0. The third kappa shape index (κ3) is 3.62. The van der Waals surface area contributed by atoms with Crippen molar-refractivity contribution in [3.05, 3.63) is 35.4 Å². The van der Waals surface area contributed by atoms with Crippen LogP contribution in [0.1, 0.15) is 54.4 Å². The second kappa shape index (κ2) is 7.27. The summed E-state index contributed by atoms with van der Waals surface area (Å²) < 4.78 is 0. The monoisotopic (exact) mass is 370 g/mol. The Morgan fingerprint density at radius 3 is 2.15 bits per heavy atom. The van der Waals surface area contributed by atoms with Gasteiger partial charge in [0.25, 0.3) is 5.91 Å². The zero-order valence-electron chi connectivity index (χ0n) is 16.0. The van der Waals surface area contributed by atoms with E-state index in [1.165, 1.54) is 19.3 Å². The second-order valence-corrected chi connectivity index (χ2v) is 9.07. The summed E-state index contributed by atoms with van der Waals surface area (Å²) in [5.74, 6) is 1.75. The molecule has 4 saturated carbocycles. The van der Waals surface area contributed by atoms with E-state index in [9.17, 15) is 9.59 Å². The molecule has 4 fully saturated rings. The lowest BCUT2D eigenvalue weighted by Gasteiger charge is -2.58. The third-order valence-electron chi connectivity index (χ3n) is 6.96. The summed E-state index contributed by atoms with van der Waals surface area (Å²) in [5.41, 5.74) is 1.56. The van der Waals surface area contributed by atoms with E-state index in [-0.39, 0.29) is 30.4 Å². The highest BCUT2D eigenvalue weighted by Gasteiger charge is 2.56. The SMILES string of the molecule is Cc1ccc(C(=O)NC(C(=O)NCCO)C23CC4CC(CC(C4)C2)C3)cc1. The molecule has 27 heavy (non-hydrogen) atoms. The number of amides is 2. The van der Waals surface area contributed by atoms with Gasteiger partial charge in [-0.15, -0.1) is 0 Å². The lowest BCUT2D eigenvalue weighted by Crippen LogP contribution is -2.62. The number of hydrogen-bond donors (Lipinski definition) is 3. The van der Waals surface area contributed by atoms with Gasteiger partial charge in [-0.05, 0) is 75.3 Å². The predicted molar refractivity (Wildman–Crippen MR) is 103 cm³/mol. The molecular weight excluding hydrogens is 340 g/mol. The van der Waals surface area contributed by atoms with Crippen LogP contribution >= 0.6 is 0 Å². The standard InChI is InChI=1S/C22H30N2O3/c1-14-2-4-18(5-3-14)20(26)24-19(21(27)23-6-7-25)22-11-15-8-16(12-22)10-17(9-15)13-22/h2-5,15-17,19,25H,6-13H2,1H3,(H,23,27)(H,24,26). The predicted octanol–water partition coefficient (Wildman–Crippen LogP) is 2.42. The van der Waals surface area contributed by atoms with Crippen LogP contribution in [0.25, 0.3) is 0 Å². The number of carbonyl (C=O) groups is 2. The number of aliphatic hydroxyl groups excluding tert-OH is 1. The van der Waals surface area contributed by atoms with Gasteiger partial charge in [-0.1, -0.05) is 17.7 Å². The quantitative estimate of drug-likeness (QED) is 0.720. The molecular formula is C22H30N2O3. The fourth-order valence-corrected chi connectivity index (χ4v) is 6.23. The minimum absolute atomic E-state index is 0.0920. The van der Waals surface area contributed by atoms with Gasteiger partial charge in [0.1, 0.15) is 6.04 Å². The number of carbonyl (C=O) groups excluding carboxylic acids is 2. The van der Waals surface area contributed by atoms with Crippen molar-refractivity contribution in [3.8, 4) is 0 Å². The molecule has 1 aromatic carbocycles. The van der Waals surface area contributed by atoms with E-state index in [0.717, 1.165) is 24.8 Å². The fourth-order valence-electron chi connectivity index (χ4n) is 6.23. The molecule has 5 nitrogen and oxygen atoms in total. The van der Waals surface area contributed by atoms with E-state index >= 15 is 0 Å². The van der Waals surface area contributed by atoms with Crippen molar-refractivity contribution in [2.75, 3.05) is 13.2 Å². The van der Waals surface area contributed by atoms with Crippen molar-refractivity contribution in [2.24, 2.45) is 23.2 Å². The highest BCUT2D eigenvalue weighted by molar-refractivity contribution is 5.97. The highest BCUT2D eigenvalue weighted by atomic mass is 16.3. The summed E-state index contributed by atoms with van der Waals surface area (Å²) in [6.45, 7) is 2.12. The number of nitrogens with one attached hydrogen (secondary N) is 2. The lowest BCUT2D eigenvalue weighted by atomic mass is 9.47. The van der Waals surface area contributed by atoms with E-state index < -0.39 is 6.04 Å². The molecule has 4 aliphatic carbocycles. The summed E-state index contributed by atoms with van der Waals surface area (Å²) in [4.78, 5) is 25.9. The van der Waals surface area contributed by atoms with E-state index in [1.807, 2.05) is 31.2 Å². The second-order valence-electron chi connectivity index (χ2n) is 9.07. The molecule has 1 aromatic rings. The van der Waals surface area contributed by atoms with Crippen LogP contribution in [0.4, 0.5) is 0 Å². The Bertz CT molecular complexity index is 677. The summed E-state index contributed by atoms with van der Waals surface area (Å²) in [7, 11) is 0. The van der Waals surface area contributed by atoms with Crippen LogP contribution in [0.15, 0.2) is 24.3 Å². The van der Waals surface area contributed by atoms with Crippen molar-refractivity contribution in [2.45, 2.75) is 51.5 Å². The van der Waals surface area contributed by atoms with Gasteiger partial charge < -0.3 is 15.7 Å². The van der Waals surface area contributed by atoms with E-state index in [0.29, 0.717) is 23.3 Å². The van der Waals surface area contributed by atoms with Gasteiger partial charge in [-0.3, -0.25) is 9.59 Å². The van der Waals surface area contributed by atoms with E-state index in [1.54, 1.807) is 0 Å². The zero-order valence-corrected chi connectivity index (χ0v) is 16.0. The largest absolute Gasteiger partial charge is 0.395 e. The molecule has 4 bridgehead atoms. The van der Waals surface area contributed by atoms with Crippen molar-refractivity contribution >= 4 is 11.8 Å². The molecule has 0 heterocycles. The van der Waals surface area contributed by atoms with Gasteiger partial charge in [-0.25, -0.2) is 0 Å². The van der Waals surface area contributed by atoms with Crippen LogP contribution in [0.3, 0.4) is 0 Å². The minimum atomic E-state index is -0.522. The summed E-state index contributed by atoms with van der Waals surface area (Å²) >= 11 is 0. The Balaban J connectivity index is 1.58. The third-order valence-corrected chi connectivity index (χ3v) is 6.96. The molecule has 1 unspecified atom stereocenters. The van der Waals surface area contributed by atoms with E-state index in [4.69, 9.17) is 5.11 Å². The number of hydrogen-bond acceptors (Lipinski definition) is 3. The minimum Gasteiger partial charge on any atom is -0.395 e. The number of benzene rings is 1. The van der Waals surface area contributed by atoms with Crippen LogP contribution in [0.2, 0.25) is 0 Å². The molecule has 4 aliphatic rings. The lowest BCUT2D eigenvalue weighted by molar-refractivity contribution is -0.134. The first-order valence-electron chi connectivity index (χ1n) is 10.3. The van der Waals surface area contributed by atoms with Crippen molar-refractivity contribution in [1.29, 1.82) is 0 Å². The van der Waals surface area contributed by atoms with Crippen LogP contribution in [0, 0.1) is 30.1 Å². The van der Waals surface area contributed by atoms with Crippen LogP contribution in [-0.2, 0) is 4.79 Å². The highest BCUT2D eigenvalue weighted by Crippen LogP contribution is 2.61. The maximum absolute atomic E-state index is 13.0. The maximum atomic E-state index is 13.0. The first kappa shape index (κ1) is 18.5. The maximum Gasteiger partial charge on any atom is 0.251 e. The van der Waals surface area contributed by atoms with E-state index in [2.05, 4.69) is 10.6 Å². The van der Waals surface area contributed by atoms with Crippen LogP contribution < -0.4 is 10.6 Å². The normalized spacial score (nSPS) is 32.1. The number of rotatable bonds is 6. The van der Waals surface area contributed by atoms with Crippen molar-refractivity contribution < 1.29 is 14.7 Å². The number of aliphatic hydroxyl groups is 1. The Morgan fingerprint density at radius 2 is 1.63 bits per heavy atom. The molecule has 2 amide bonds. The van der Waals surface area contributed by atoms with Crippen LogP contribution in [-0.4, -0.2) is 36.1 Å². The van der Waals surface area contributed by atoms with Gasteiger partial charge in [0.2, 0.25) is 5.91 Å². The van der Waals surface area contributed by atoms with Crippen molar-refractivity contribution in [3.63, 3.8) is 0 Å². The molecule has 0 radical (unpaired) electrons. The average Bonchev–Trinajstić information content (AvgIpc) is 2.63. The van der Waals surface area contributed by atoms with Gasteiger partial charge >= 0.3 is 0 Å². The zero-order chi connectivity index (χ0) is 19.0. The Labute approximate surface area is 160 Å². The molecule has 5 rings (SSSR count). The van der Waals surface area contributed by atoms with Gasteiger partial charge in [0.15, 0.2) is 0 Å². The Kier molecular flexibility index (Phi) is 4.97. The fraction of sp³-hybridized carbons (Fsp3) is 0.636. The molecule has 3 N–H and O–H groups in total. The molecule has 1 atom stereocenters. The van der Waals surface area contributed by atoms with Gasteiger partial charge in [0, 0.05) is 17.5 Å². The molecule has 0 aromatic heterocycles. The van der Waals surface area contributed by atoms with Crippen molar-refractivity contribution in [1.82, 2.24) is 10.6 Å². The molecule has 0 saturated heterocycles. The van der Waals surface area contributed by atoms with Gasteiger partial charge in [-0.2, -0.15) is 0 Å². The average molecular weight is 370 g/mol. The van der Waals surface area contributed by atoms with Gasteiger partial charge in [0.05, 0.1) is 6.61 Å². The topological polar surface area (TPSA) is 78.4 Å². The number of aryl methyl sites for hydroxylation is 1.